The molecule has 2 amide bonds. The van der Waals surface area contributed by atoms with Crippen molar-refractivity contribution in [3.8, 4) is 0 Å². The Kier molecular flexibility index (Phi) is 3.88. The van der Waals surface area contributed by atoms with Crippen LogP contribution < -0.4 is 10.2 Å². The number of nitrogens with one attached hydrogen (secondary N) is 1. The van der Waals surface area contributed by atoms with Gasteiger partial charge in [0.1, 0.15) is 6.04 Å². The minimum atomic E-state index is -0.406. The highest BCUT2D eigenvalue weighted by molar-refractivity contribution is 6.01. The zero-order chi connectivity index (χ0) is 14.0. The van der Waals surface area contributed by atoms with Crippen LogP contribution in [0.4, 0.5) is 5.69 Å². The van der Waals surface area contributed by atoms with Gasteiger partial charge in [-0.25, -0.2) is 0 Å². The lowest BCUT2D eigenvalue weighted by atomic mass is 10.1. The molecule has 1 unspecified atom stereocenters. The van der Waals surface area contributed by atoms with E-state index in [-0.39, 0.29) is 11.8 Å². The standard InChI is InChI=1S/C15H20N2O2/c1-4-13-15(19)17(8-7-14(18)16-13)12-6-5-10(2)11(3)9-12/h5-6,9,13H,4,7-8H2,1-3H3,(H,16,18). The Bertz CT molecular complexity index is 511. The molecule has 0 aromatic heterocycles. The Morgan fingerprint density at radius 2 is 2.00 bits per heavy atom. The van der Waals surface area contributed by atoms with E-state index in [1.54, 1.807) is 4.90 Å². The molecular formula is C15H20N2O2. The molecular weight excluding hydrogens is 240 g/mol. The highest BCUT2D eigenvalue weighted by Gasteiger charge is 2.29. The Morgan fingerprint density at radius 1 is 1.26 bits per heavy atom. The fraction of sp³-hybridized carbons (Fsp3) is 0.467. The molecule has 19 heavy (non-hydrogen) atoms. The van der Waals surface area contributed by atoms with E-state index in [2.05, 4.69) is 5.32 Å². The average molecular weight is 260 g/mol. The van der Waals surface area contributed by atoms with Gasteiger partial charge in [-0.05, 0) is 43.5 Å². The number of amides is 2. The molecule has 0 radical (unpaired) electrons. The molecule has 0 bridgehead atoms. The van der Waals surface area contributed by atoms with Crippen LogP contribution in [0, 0.1) is 13.8 Å². The number of nitrogens with zero attached hydrogens (tertiary/aromatic N) is 1. The molecule has 1 aromatic rings. The zero-order valence-electron chi connectivity index (χ0n) is 11.7. The molecule has 0 spiro atoms. The van der Waals surface area contributed by atoms with E-state index in [0.717, 1.165) is 11.3 Å². The SMILES string of the molecule is CCC1NC(=O)CCN(c2ccc(C)c(C)c2)C1=O. The van der Waals surface area contributed by atoms with E-state index >= 15 is 0 Å². The number of hydrogen-bond donors (Lipinski definition) is 1. The molecule has 4 heteroatoms. The van der Waals surface area contributed by atoms with Gasteiger partial charge in [0.05, 0.1) is 0 Å². The third kappa shape index (κ3) is 2.78. The first-order valence-electron chi connectivity index (χ1n) is 6.71. The predicted octanol–water partition coefficient (Wildman–Crippen LogP) is 1.93. The van der Waals surface area contributed by atoms with Gasteiger partial charge in [-0.1, -0.05) is 13.0 Å². The number of aryl methyl sites for hydroxylation is 2. The van der Waals surface area contributed by atoms with Crippen molar-refractivity contribution in [3.63, 3.8) is 0 Å². The molecule has 102 valence electrons. The maximum atomic E-state index is 12.4. The highest BCUT2D eigenvalue weighted by atomic mass is 16.2. The third-order valence-electron chi connectivity index (χ3n) is 3.67. The Labute approximate surface area is 113 Å². The monoisotopic (exact) mass is 260 g/mol. The fourth-order valence-corrected chi connectivity index (χ4v) is 2.27. The smallest absolute Gasteiger partial charge is 0.249 e. The van der Waals surface area contributed by atoms with Crippen LogP contribution in [0.3, 0.4) is 0 Å². The maximum absolute atomic E-state index is 12.4. The van der Waals surface area contributed by atoms with Crippen LogP contribution in [0.2, 0.25) is 0 Å². The first-order chi connectivity index (χ1) is 9.02. The summed E-state index contributed by atoms with van der Waals surface area (Å²) in [5.74, 6) is -0.0665. The second kappa shape index (κ2) is 5.43. The number of carbonyl (C=O) groups is 2. The van der Waals surface area contributed by atoms with Crippen molar-refractivity contribution in [2.75, 3.05) is 11.4 Å². The highest BCUT2D eigenvalue weighted by Crippen LogP contribution is 2.21. The lowest BCUT2D eigenvalue weighted by Gasteiger charge is -2.24. The Balaban J connectivity index is 2.33. The minimum Gasteiger partial charge on any atom is -0.344 e. The molecule has 1 aliphatic rings. The quantitative estimate of drug-likeness (QED) is 0.883. The van der Waals surface area contributed by atoms with E-state index in [9.17, 15) is 9.59 Å². The molecule has 4 nitrogen and oxygen atoms in total. The molecule has 1 aliphatic heterocycles. The Hall–Kier alpha value is -1.84. The number of hydrogen-bond acceptors (Lipinski definition) is 2. The van der Waals surface area contributed by atoms with Gasteiger partial charge in [0.25, 0.3) is 0 Å². The summed E-state index contributed by atoms with van der Waals surface area (Å²) >= 11 is 0. The van der Waals surface area contributed by atoms with Crippen LogP contribution >= 0.6 is 0 Å². The van der Waals surface area contributed by atoms with E-state index < -0.39 is 6.04 Å². The molecule has 1 saturated heterocycles. The van der Waals surface area contributed by atoms with Gasteiger partial charge in [-0.2, -0.15) is 0 Å². The number of carbonyl (C=O) groups excluding carboxylic acids is 2. The van der Waals surface area contributed by atoms with E-state index in [1.165, 1.54) is 5.56 Å². The summed E-state index contributed by atoms with van der Waals surface area (Å²) in [7, 11) is 0. The summed E-state index contributed by atoms with van der Waals surface area (Å²) in [4.78, 5) is 25.8. The molecule has 1 atom stereocenters. The summed E-state index contributed by atoms with van der Waals surface area (Å²) < 4.78 is 0. The molecule has 2 rings (SSSR count). The summed E-state index contributed by atoms with van der Waals surface area (Å²) in [6.45, 7) is 6.43. The molecule has 0 aliphatic carbocycles. The van der Waals surface area contributed by atoms with Crippen molar-refractivity contribution >= 4 is 17.5 Å². The lowest BCUT2D eigenvalue weighted by Crippen LogP contribution is -2.44. The zero-order valence-corrected chi connectivity index (χ0v) is 11.7. The van der Waals surface area contributed by atoms with Crippen molar-refractivity contribution in [1.82, 2.24) is 5.32 Å². The van der Waals surface area contributed by atoms with Gasteiger partial charge in [0.2, 0.25) is 11.8 Å². The fourth-order valence-electron chi connectivity index (χ4n) is 2.27. The largest absolute Gasteiger partial charge is 0.344 e. The summed E-state index contributed by atoms with van der Waals surface area (Å²) in [6, 6.07) is 5.56. The second-order valence-electron chi connectivity index (χ2n) is 5.04. The normalized spacial score (nSPS) is 20.2. The van der Waals surface area contributed by atoms with Gasteiger partial charge in [-0.15, -0.1) is 0 Å². The van der Waals surface area contributed by atoms with Crippen molar-refractivity contribution in [2.24, 2.45) is 0 Å². The van der Waals surface area contributed by atoms with E-state index in [4.69, 9.17) is 0 Å². The lowest BCUT2D eigenvalue weighted by molar-refractivity contribution is -0.125. The van der Waals surface area contributed by atoms with Crippen LogP contribution in [0.5, 0.6) is 0 Å². The summed E-state index contributed by atoms with van der Waals surface area (Å²) in [6.07, 6.45) is 0.973. The second-order valence-corrected chi connectivity index (χ2v) is 5.04. The Morgan fingerprint density at radius 3 is 2.63 bits per heavy atom. The van der Waals surface area contributed by atoms with Crippen LogP contribution in [0.25, 0.3) is 0 Å². The summed E-state index contributed by atoms with van der Waals surface area (Å²) in [5, 5.41) is 2.77. The van der Waals surface area contributed by atoms with Crippen molar-refractivity contribution in [1.29, 1.82) is 0 Å². The van der Waals surface area contributed by atoms with Gasteiger partial charge < -0.3 is 10.2 Å². The third-order valence-corrected chi connectivity index (χ3v) is 3.67. The summed E-state index contributed by atoms with van der Waals surface area (Å²) in [5.41, 5.74) is 3.23. The van der Waals surface area contributed by atoms with Crippen LogP contribution in [-0.2, 0) is 9.59 Å². The van der Waals surface area contributed by atoms with Crippen LogP contribution in [0.1, 0.15) is 30.9 Å². The van der Waals surface area contributed by atoms with E-state index in [1.807, 2.05) is 39.0 Å². The van der Waals surface area contributed by atoms with Crippen molar-refractivity contribution in [2.45, 2.75) is 39.7 Å². The molecule has 1 N–H and O–H groups in total. The van der Waals surface area contributed by atoms with E-state index in [0.29, 0.717) is 19.4 Å². The predicted molar refractivity (Wildman–Crippen MR) is 75.1 cm³/mol. The first kappa shape index (κ1) is 13.6. The molecule has 1 heterocycles. The van der Waals surface area contributed by atoms with Crippen LogP contribution in [0.15, 0.2) is 18.2 Å². The molecule has 1 aromatic carbocycles. The van der Waals surface area contributed by atoms with Crippen molar-refractivity contribution in [3.05, 3.63) is 29.3 Å². The maximum Gasteiger partial charge on any atom is 0.249 e. The average Bonchev–Trinajstić information content (AvgIpc) is 2.53. The molecule has 0 saturated carbocycles. The number of anilines is 1. The number of rotatable bonds is 2. The van der Waals surface area contributed by atoms with Gasteiger partial charge in [0.15, 0.2) is 0 Å². The van der Waals surface area contributed by atoms with Crippen molar-refractivity contribution < 1.29 is 9.59 Å². The van der Waals surface area contributed by atoms with Gasteiger partial charge in [-0.3, -0.25) is 9.59 Å². The topological polar surface area (TPSA) is 49.4 Å². The first-order valence-corrected chi connectivity index (χ1v) is 6.71. The number of benzene rings is 1. The minimum absolute atomic E-state index is 0.0170. The molecule has 1 fully saturated rings. The van der Waals surface area contributed by atoms with Gasteiger partial charge in [0, 0.05) is 18.7 Å². The van der Waals surface area contributed by atoms with Crippen LogP contribution in [-0.4, -0.2) is 24.4 Å². The van der Waals surface area contributed by atoms with Gasteiger partial charge >= 0.3 is 0 Å².